The Bertz CT molecular complexity index is 1500. The predicted octanol–water partition coefficient (Wildman–Crippen LogP) is 5.72. The van der Waals surface area contributed by atoms with E-state index in [9.17, 15) is 4.79 Å². The summed E-state index contributed by atoms with van der Waals surface area (Å²) in [5, 5.41) is 10.4. The zero-order valence-electron chi connectivity index (χ0n) is 19.6. The molecule has 0 radical (unpaired) electrons. The Hall–Kier alpha value is -4.04. The molecule has 7 nitrogen and oxygen atoms in total. The van der Waals surface area contributed by atoms with Crippen molar-refractivity contribution in [2.24, 2.45) is 0 Å². The number of para-hydroxylation sites is 1. The van der Waals surface area contributed by atoms with E-state index in [1.165, 1.54) is 11.8 Å². The summed E-state index contributed by atoms with van der Waals surface area (Å²) >= 11 is 1.34. The third kappa shape index (κ3) is 4.40. The summed E-state index contributed by atoms with van der Waals surface area (Å²) in [6.07, 6.45) is 1.76. The number of hydrogen-bond donors (Lipinski definition) is 1. The van der Waals surface area contributed by atoms with E-state index in [2.05, 4.69) is 15.2 Å². The van der Waals surface area contributed by atoms with Crippen LogP contribution in [0, 0.1) is 6.92 Å². The molecule has 0 amide bonds. The van der Waals surface area contributed by atoms with Crippen LogP contribution < -0.4 is 9.47 Å². The number of nitrogens with one attached hydrogen (secondary N) is 1. The van der Waals surface area contributed by atoms with E-state index in [-0.39, 0.29) is 11.5 Å². The van der Waals surface area contributed by atoms with E-state index in [1.807, 2.05) is 78.2 Å². The van der Waals surface area contributed by atoms with Crippen LogP contribution in [0.1, 0.15) is 15.9 Å². The van der Waals surface area contributed by atoms with Crippen LogP contribution in [0.5, 0.6) is 11.5 Å². The summed E-state index contributed by atoms with van der Waals surface area (Å²) in [7, 11) is 3.24. The summed E-state index contributed by atoms with van der Waals surface area (Å²) in [4.78, 5) is 16.3. The van der Waals surface area contributed by atoms with Gasteiger partial charge in [0.05, 0.1) is 25.7 Å². The lowest BCUT2D eigenvalue weighted by atomic mass is 10.1. The van der Waals surface area contributed by atoms with Crippen LogP contribution in [-0.4, -0.2) is 45.5 Å². The van der Waals surface area contributed by atoms with E-state index in [0.717, 1.165) is 27.7 Å². The summed E-state index contributed by atoms with van der Waals surface area (Å²) in [6.45, 7) is 2.04. The highest BCUT2D eigenvalue weighted by atomic mass is 32.2. The highest BCUT2D eigenvalue weighted by Gasteiger charge is 2.21. The molecule has 176 valence electrons. The Morgan fingerprint density at radius 2 is 1.80 bits per heavy atom. The first-order valence-corrected chi connectivity index (χ1v) is 12.0. The molecule has 0 atom stereocenters. The number of carbonyl (C=O) groups excluding carboxylic acids is 1. The highest BCUT2D eigenvalue weighted by molar-refractivity contribution is 7.99. The molecule has 0 saturated carbocycles. The summed E-state index contributed by atoms with van der Waals surface area (Å²) in [6, 6.07) is 21.4. The second-order valence-corrected chi connectivity index (χ2v) is 8.95. The normalized spacial score (nSPS) is 11.1. The molecule has 5 rings (SSSR count). The number of fused-ring (bicyclic) bond motifs is 1. The topological polar surface area (TPSA) is 82.0 Å². The van der Waals surface area contributed by atoms with Gasteiger partial charge in [0.25, 0.3) is 0 Å². The van der Waals surface area contributed by atoms with Crippen LogP contribution in [0.2, 0.25) is 0 Å². The Kier molecular flexibility index (Phi) is 6.29. The molecule has 0 spiro atoms. The summed E-state index contributed by atoms with van der Waals surface area (Å²) in [5.74, 6) is 2.19. The Balaban J connectivity index is 1.55. The van der Waals surface area contributed by atoms with Gasteiger partial charge in [-0.3, -0.25) is 9.36 Å². The first kappa shape index (κ1) is 22.7. The number of aromatic nitrogens is 4. The molecule has 5 aromatic rings. The molecule has 2 heterocycles. The van der Waals surface area contributed by atoms with Crippen molar-refractivity contribution < 1.29 is 14.3 Å². The molecule has 0 saturated heterocycles. The number of rotatable bonds is 8. The fraction of sp³-hybridized carbons (Fsp3) is 0.148. The number of ether oxygens (including phenoxy) is 2. The molecule has 0 aliphatic rings. The number of hydrogen-bond acceptors (Lipinski definition) is 6. The van der Waals surface area contributed by atoms with E-state index in [4.69, 9.17) is 9.47 Å². The second kappa shape index (κ2) is 9.68. The van der Waals surface area contributed by atoms with E-state index in [1.54, 1.807) is 20.4 Å². The maximum atomic E-state index is 13.1. The minimum absolute atomic E-state index is 0.0106. The fourth-order valence-corrected chi connectivity index (χ4v) is 4.78. The number of carbonyl (C=O) groups is 1. The highest BCUT2D eigenvalue weighted by Crippen LogP contribution is 2.35. The minimum Gasteiger partial charge on any atom is -0.497 e. The van der Waals surface area contributed by atoms with Crippen molar-refractivity contribution >= 4 is 28.4 Å². The molecule has 0 aliphatic carbocycles. The quantitative estimate of drug-likeness (QED) is 0.224. The van der Waals surface area contributed by atoms with Crippen LogP contribution in [0.25, 0.3) is 28.0 Å². The van der Waals surface area contributed by atoms with Crippen molar-refractivity contribution in [3.63, 3.8) is 0 Å². The number of thioether (sulfide) groups is 1. The zero-order valence-corrected chi connectivity index (χ0v) is 20.4. The third-order valence-electron chi connectivity index (χ3n) is 5.79. The van der Waals surface area contributed by atoms with Gasteiger partial charge < -0.3 is 14.5 Å². The maximum Gasteiger partial charge on any atom is 0.196 e. The van der Waals surface area contributed by atoms with Crippen molar-refractivity contribution in [3.8, 4) is 28.6 Å². The number of ketones is 1. The van der Waals surface area contributed by atoms with Crippen molar-refractivity contribution in [2.45, 2.75) is 12.1 Å². The van der Waals surface area contributed by atoms with Gasteiger partial charge in [-0.1, -0.05) is 59.8 Å². The van der Waals surface area contributed by atoms with Gasteiger partial charge in [-0.15, -0.1) is 10.2 Å². The lowest BCUT2D eigenvalue weighted by molar-refractivity contribution is 0.102. The number of Topliss-reactive ketones (excluding diaryl/α,β-unsaturated/α-hetero) is 1. The molecule has 0 fully saturated rings. The number of benzene rings is 3. The Labute approximate surface area is 207 Å². The van der Waals surface area contributed by atoms with E-state index < -0.39 is 0 Å². The molecule has 1 N–H and O–H groups in total. The van der Waals surface area contributed by atoms with Crippen molar-refractivity contribution in [1.29, 1.82) is 0 Å². The summed E-state index contributed by atoms with van der Waals surface area (Å²) < 4.78 is 13.0. The first-order valence-electron chi connectivity index (χ1n) is 11.1. The SMILES string of the molecule is COc1ccc(OC)c(-n2c(SCC(=O)c3c[nH]c4ccccc34)nnc2-c2ccc(C)cc2)c1. The number of nitrogens with zero attached hydrogens (tertiary/aromatic N) is 3. The zero-order chi connectivity index (χ0) is 24.4. The minimum atomic E-state index is 0.0106. The van der Waals surface area contributed by atoms with Crippen LogP contribution in [-0.2, 0) is 0 Å². The lowest BCUT2D eigenvalue weighted by Crippen LogP contribution is -2.06. The smallest absolute Gasteiger partial charge is 0.196 e. The molecule has 8 heteroatoms. The first-order chi connectivity index (χ1) is 17.1. The molecule has 0 aliphatic heterocycles. The molecular weight excluding hydrogens is 460 g/mol. The van der Waals surface area contributed by atoms with Crippen LogP contribution in [0.4, 0.5) is 0 Å². The molecule has 0 bridgehead atoms. The molecule has 3 aromatic carbocycles. The monoisotopic (exact) mass is 484 g/mol. The lowest BCUT2D eigenvalue weighted by Gasteiger charge is -2.15. The van der Waals surface area contributed by atoms with Crippen molar-refractivity contribution in [2.75, 3.05) is 20.0 Å². The third-order valence-corrected chi connectivity index (χ3v) is 6.72. The van der Waals surface area contributed by atoms with Gasteiger partial charge in [-0.2, -0.15) is 0 Å². The van der Waals surface area contributed by atoms with Gasteiger partial charge in [-0.25, -0.2) is 0 Å². The van der Waals surface area contributed by atoms with Crippen LogP contribution >= 0.6 is 11.8 Å². The van der Waals surface area contributed by atoms with Gasteiger partial charge in [0.1, 0.15) is 11.5 Å². The van der Waals surface area contributed by atoms with Crippen LogP contribution in [0.15, 0.2) is 78.1 Å². The van der Waals surface area contributed by atoms with Crippen molar-refractivity contribution in [1.82, 2.24) is 19.7 Å². The van der Waals surface area contributed by atoms with Gasteiger partial charge in [-0.05, 0) is 25.1 Å². The average Bonchev–Trinajstić information content (AvgIpc) is 3.52. The fourth-order valence-electron chi connectivity index (χ4n) is 3.95. The summed E-state index contributed by atoms with van der Waals surface area (Å²) in [5.41, 5.74) is 4.39. The molecule has 35 heavy (non-hydrogen) atoms. The predicted molar refractivity (Wildman–Crippen MR) is 138 cm³/mol. The van der Waals surface area contributed by atoms with Gasteiger partial charge >= 0.3 is 0 Å². The van der Waals surface area contributed by atoms with Gasteiger partial charge in [0, 0.05) is 34.3 Å². The van der Waals surface area contributed by atoms with E-state index in [0.29, 0.717) is 28.0 Å². The second-order valence-electron chi connectivity index (χ2n) is 8.01. The molecule has 0 unspecified atom stereocenters. The standard InChI is InChI=1S/C27H24N4O3S/c1-17-8-10-18(11-9-17)26-29-30-27(31(26)23-14-19(33-2)12-13-25(23)34-3)35-16-24(32)21-15-28-22-7-5-4-6-20(21)22/h4-15,28H,16H2,1-3H3. The Morgan fingerprint density at radius 1 is 1.00 bits per heavy atom. The number of aromatic amines is 1. The largest absolute Gasteiger partial charge is 0.497 e. The number of aryl methyl sites for hydroxylation is 1. The van der Waals surface area contributed by atoms with Gasteiger partial charge in [0.15, 0.2) is 16.8 Å². The number of H-pyrrole nitrogens is 1. The molecular formula is C27H24N4O3S. The van der Waals surface area contributed by atoms with Gasteiger partial charge in [0.2, 0.25) is 0 Å². The Morgan fingerprint density at radius 3 is 2.57 bits per heavy atom. The average molecular weight is 485 g/mol. The van der Waals surface area contributed by atoms with E-state index >= 15 is 0 Å². The maximum absolute atomic E-state index is 13.1. The van der Waals surface area contributed by atoms with Crippen LogP contribution in [0.3, 0.4) is 0 Å². The molecule has 2 aromatic heterocycles. The van der Waals surface area contributed by atoms with Crippen molar-refractivity contribution in [3.05, 3.63) is 84.1 Å². The number of methoxy groups -OCH3 is 2.